The van der Waals surface area contributed by atoms with Gasteiger partial charge in [-0.3, -0.25) is 24.7 Å². The number of hydrogen-bond acceptors (Lipinski definition) is 6. The van der Waals surface area contributed by atoms with Crippen LogP contribution in [0.1, 0.15) is 11.7 Å². The molecule has 0 aliphatic rings. The number of carboxylic acid groups (broad SMARTS) is 4. The van der Waals surface area contributed by atoms with Gasteiger partial charge in [-0.25, -0.2) is 9.59 Å². The molecule has 11 heteroatoms. The maximum absolute atomic E-state index is 11.5. The molecule has 0 heterocycles. The third-order valence-electron chi connectivity index (χ3n) is 4.21. The van der Waals surface area contributed by atoms with Crippen molar-refractivity contribution in [2.75, 3.05) is 39.3 Å². The van der Waals surface area contributed by atoms with Crippen LogP contribution < -0.4 is 5.73 Å². The van der Waals surface area contributed by atoms with E-state index in [1.165, 1.54) is 0 Å². The van der Waals surface area contributed by atoms with Crippen LogP contribution in [-0.4, -0.2) is 93.0 Å². The lowest BCUT2D eigenvalue weighted by molar-refractivity contribution is -0.943. The molecule has 1 unspecified atom stereocenters. The number of carbonyl (C=O) groups is 4. The second-order valence-electron chi connectivity index (χ2n) is 6.40. The fourth-order valence-electron chi connectivity index (χ4n) is 2.99. The number of nitrogens with zero attached hydrogens (tertiary/aromatic N) is 2. The number of nitrogens with two attached hydrogens (primary N) is 1. The van der Waals surface area contributed by atoms with E-state index < -0.39 is 60.7 Å². The first-order valence-electron chi connectivity index (χ1n) is 8.31. The molecule has 0 aliphatic heterocycles. The van der Waals surface area contributed by atoms with E-state index in [1.54, 1.807) is 30.3 Å². The maximum Gasteiger partial charge on any atom is 0.359 e. The van der Waals surface area contributed by atoms with Gasteiger partial charge in [0.15, 0.2) is 19.3 Å². The highest BCUT2D eigenvalue weighted by molar-refractivity contribution is 5.72. The molecule has 1 rings (SSSR count). The zero-order valence-corrected chi connectivity index (χ0v) is 15.1. The van der Waals surface area contributed by atoms with Gasteiger partial charge in [0.05, 0.1) is 19.6 Å². The summed E-state index contributed by atoms with van der Waals surface area (Å²) in [5.41, 5.74) is 6.76. The molecule has 0 aliphatic carbocycles. The van der Waals surface area contributed by atoms with E-state index in [2.05, 4.69) is 0 Å². The zero-order valence-electron chi connectivity index (χ0n) is 15.1. The van der Waals surface area contributed by atoms with E-state index >= 15 is 0 Å². The van der Waals surface area contributed by atoms with Gasteiger partial charge in [0.25, 0.3) is 0 Å². The average Bonchev–Trinajstić information content (AvgIpc) is 2.57. The van der Waals surface area contributed by atoms with E-state index in [-0.39, 0.29) is 13.1 Å². The highest BCUT2D eigenvalue weighted by Gasteiger charge is 2.40. The van der Waals surface area contributed by atoms with Gasteiger partial charge in [0.1, 0.15) is 0 Å². The first-order chi connectivity index (χ1) is 13.1. The third kappa shape index (κ3) is 7.31. The van der Waals surface area contributed by atoms with Crippen molar-refractivity contribution in [2.45, 2.75) is 6.17 Å². The van der Waals surface area contributed by atoms with Crippen molar-refractivity contribution < 1.29 is 44.1 Å². The zero-order chi connectivity index (χ0) is 21.3. The van der Waals surface area contributed by atoms with Gasteiger partial charge in [0, 0.05) is 12.1 Å². The molecule has 28 heavy (non-hydrogen) atoms. The van der Waals surface area contributed by atoms with Crippen molar-refractivity contribution in [1.29, 1.82) is 0 Å². The number of carboxylic acids is 4. The maximum atomic E-state index is 11.5. The second-order valence-corrected chi connectivity index (χ2v) is 6.40. The minimum absolute atomic E-state index is 0.167. The summed E-state index contributed by atoms with van der Waals surface area (Å²) in [6.07, 6.45) is -1.02. The number of quaternary nitrogens is 1. The van der Waals surface area contributed by atoms with Gasteiger partial charge in [-0.15, -0.1) is 0 Å². The van der Waals surface area contributed by atoms with Crippen LogP contribution in [-0.2, 0) is 19.2 Å². The van der Waals surface area contributed by atoms with Crippen LogP contribution >= 0.6 is 0 Å². The summed E-state index contributed by atoms with van der Waals surface area (Å²) < 4.78 is -0.607. The molecule has 1 atom stereocenters. The summed E-state index contributed by atoms with van der Waals surface area (Å²) in [7, 11) is 0. The molecule has 154 valence electrons. The minimum atomic E-state index is -1.28. The van der Waals surface area contributed by atoms with Crippen LogP contribution in [0.15, 0.2) is 30.3 Å². The predicted octanol–water partition coefficient (Wildman–Crippen LogP) is -0.899. The Labute approximate surface area is 160 Å². The van der Waals surface area contributed by atoms with Crippen molar-refractivity contribution in [3.63, 3.8) is 0 Å². The SMILES string of the molecule is NC(c1ccccc1)[N+](CCN(CC(=O)O)CC(=O)O)(CC(=O)O)CC(=O)O. The Morgan fingerprint density at radius 1 is 0.857 bits per heavy atom. The van der Waals surface area contributed by atoms with Crippen LogP contribution in [0.5, 0.6) is 0 Å². The largest absolute Gasteiger partial charge is 0.480 e. The lowest BCUT2D eigenvalue weighted by Crippen LogP contribution is -2.61. The summed E-state index contributed by atoms with van der Waals surface area (Å²) >= 11 is 0. The molecule has 0 amide bonds. The summed E-state index contributed by atoms with van der Waals surface area (Å²) in [5.74, 6) is -5.09. The van der Waals surface area contributed by atoms with Crippen molar-refractivity contribution >= 4 is 23.9 Å². The van der Waals surface area contributed by atoms with Crippen molar-refractivity contribution in [3.05, 3.63) is 35.9 Å². The quantitative estimate of drug-likeness (QED) is 0.206. The van der Waals surface area contributed by atoms with Gasteiger partial charge in [-0.1, -0.05) is 30.3 Å². The summed E-state index contributed by atoms with van der Waals surface area (Å²) in [4.78, 5) is 46.0. The Hall–Kier alpha value is -3.02. The fourth-order valence-corrected chi connectivity index (χ4v) is 2.99. The van der Waals surface area contributed by atoms with Crippen LogP contribution in [0.25, 0.3) is 0 Å². The van der Waals surface area contributed by atoms with Gasteiger partial charge in [-0.2, -0.15) is 0 Å². The molecule has 0 saturated heterocycles. The van der Waals surface area contributed by atoms with Crippen LogP contribution in [0.3, 0.4) is 0 Å². The lowest BCUT2D eigenvalue weighted by atomic mass is 10.1. The number of benzene rings is 1. The Morgan fingerprint density at radius 3 is 1.71 bits per heavy atom. The third-order valence-corrected chi connectivity index (χ3v) is 4.21. The molecule has 0 fully saturated rings. The van der Waals surface area contributed by atoms with Crippen LogP contribution in [0, 0.1) is 0 Å². The van der Waals surface area contributed by atoms with E-state index in [1.807, 2.05) is 0 Å². The molecular weight excluding hydrogens is 374 g/mol. The molecule has 1 aromatic carbocycles. The first-order valence-corrected chi connectivity index (χ1v) is 8.31. The monoisotopic (exact) mass is 398 g/mol. The van der Waals surface area contributed by atoms with E-state index in [9.17, 15) is 29.4 Å². The van der Waals surface area contributed by atoms with Gasteiger partial charge < -0.3 is 20.4 Å². The van der Waals surface area contributed by atoms with Crippen LogP contribution in [0.2, 0.25) is 0 Å². The van der Waals surface area contributed by atoms with Gasteiger partial charge >= 0.3 is 23.9 Å². The smallest absolute Gasteiger partial charge is 0.359 e. The van der Waals surface area contributed by atoms with Crippen LogP contribution in [0.4, 0.5) is 0 Å². The normalized spacial score (nSPS) is 12.5. The number of aliphatic carboxylic acids is 4. The van der Waals surface area contributed by atoms with E-state index in [4.69, 9.17) is 15.9 Å². The van der Waals surface area contributed by atoms with Crippen molar-refractivity contribution in [2.24, 2.45) is 5.73 Å². The highest BCUT2D eigenvalue weighted by Crippen LogP contribution is 2.24. The molecule has 0 aromatic heterocycles. The predicted molar refractivity (Wildman–Crippen MR) is 95.2 cm³/mol. The lowest BCUT2D eigenvalue weighted by Gasteiger charge is -2.41. The van der Waals surface area contributed by atoms with Gasteiger partial charge in [-0.05, 0) is 0 Å². The Bertz CT molecular complexity index is 678. The molecule has 0 bridgehead atoms. The first kappa shape index (κ1) is 23.0. The molecule has 0 radical (unpaired) electrons. The van der Waals surface area contributed by atoms with Gasteiger partial charge in [0.2, 0.25) is 0 Å². The summed E-state index contributed by atoms with van der Waals surface area (Å²) in [6.45, 7) is -2.78. The molecule has 0 saturated carbocycles. The van der Waals surface area contributed by atoms with E-state index in [0.29, 0.717) is 5.56 Å². The van der Waals surface area contributed by atoms with Crippen molar-refractivity contribution in [1.82, 2.24) is 4.90 Å². The molecule has 6 N–H and O–H groups in total. The standard InChI is InChI=1S/C17H23N3O8/c18-17(12-4-2-1-3-5-12)20(10-15(25)26,11-16(27)28)7-6-19(8-13(21)22)9-14(23)24/h1-5,17H,6-11,18H2,(H3-,21,22,23,24,25,26,27,28)/p+1. The molecule has 0 spiro atoms. The fraction of sp³-hybridized carbons (Fsp3) is 0.412. The minimum Gasteiger partial charge on any atom is -0.480 e. The topological polar surface area (TPSA) is 178 Å². The summed E-state index contributed by atoms with van der Waals surface area (Å²) in [6, 6.07) is 8.33. The van der Waals surface area contributed by atoms with E-state index in [0.717, 1.165) is 4.90 Å². The molecular formula is C17H24N3O8+. The molecule has 11 nitrogen and oxygen atoms in total. The average molecular weight is 398 g/mol. The highest BCUT2D eigenvalue weighted by atomic mass is 16.4. The Balaban J connectivity index is 3.22. The summed E-state index contributed by atoms with van der Waals surface area (Å²) in [5, 5.41) is 36.6. The van der Waals surface area contributed by atoms with Crippen molar-refractivity contribution in [3.8, 4) is 0 Å². The number of rotatable bonds is 13. The Kier molecular flexibility index (Phi) is 8.51. The molecule has 1 aromatic rings. The Morgan fingerprint density at radius 2 is 1.32 bits per heavy atom. The second kappa shape index (κ2) is 10.3. The number of hydrogen-bond donors (Lipinski definition) is 5.